The molecule has 29 heavy (non-hydrogen) atoms. The Labute approximate surface area is 171 Å². The molecule has 0 aliphatic carbocycles. The van der Waals surface area contributed by atoms with Gasteiger partial charge in [-0.15, -0.1) is 0 Å². The van der Waals surface area contributed by atoms with Gasteiger partial charge in [0.05, 0.1) is 19.9 Å². The molecule has 0 atom stereocenters. The van der Waals surface area contributed by atoms with E-state index in [4.69, 9.17) is 15.6 Å². The second-order valence-corrected chi connectivity index (χ2v) is 7.07. The lowest BCUT2D eigenvalue weighted by Crippen LogP contribution is -2.10. The number of nitrogens with two attached hydrogens (primary N) is 1. The molecule has 8 nitrogen and oxygen atoms in total. The van der Waals surface area contributed by atoms with Crippen molar-refractivity contribution in [2.75, 3.05) is 31.3 Å². The summed E-state index contributed by atoms with van der Waals surface area (Å²) in [5.41, 5.74) is 9.65. The number of unbranched alkanes of at least 4 members (excludes halogenated alkanes) is 2. The van der Waals surface area contributed by atoms with E-state index < -0.39 is 0 Å². The van der Waals surface area contributed by atoms with Crippen LogP contribution in [-0.4, -0.2) is 45.1 Å². The van der Waals surface area contributed by atoms with Crippen molar-refractivity contribution in [1.82, 2.24) is 19.7 Å². The first-order valence-corrected chi connectivity index (χ1v) is 10.2. The van der Waals surface area contributed by atoms with E-state index in [-0.39, 0.29) is 12.6 Å². The molecule has 0 amide bonds. The van der Waals surface area contributed by atoms with Crippen LogP contribution >= 0.6 is 0 Å². The fraction of sp³-hybridized carbons (Fsp3) is 0.476. The van der Waals surface area contributed by atoms with Gasteiger partial charge in [0.25, 0.3) is 0 Å². The zero-order valence-electron chi connectivity index (χ0n) is 17.2. The van der Waals surface area contributed by atoms with Gasteiger partial charge in [-0.2, -0.15) is 10.1 Å². The number of fused-ring (bicyclic) bond motifs is 1. The van der Waals surface area contributed by atoms with E-state index in [9.17, 15) is 0 Å². The summed E-state index contributed by atoms with van der Waals surface area (Å²) < 4.78 is 7.51. The van der Waals surface area contributed by atoms with E-state index >= 15 is 0 Å². The van der Waals surface area contributed by atoms with Crippen LogP contribution in [0.5, 0.6) is 5.75 Å². The van der Waals surface area contributed by atoms with Crippen LogP contribution in [0.25, 0.3) is 11.0 Å². The molecule has 0 aliphatic heterocycles. The Kier molecular flexibility index (Phi) is 7.24. The van der Waals surface area contributed by atoms with Gasteiger partial charge in [0, 0.05) is 18.7 Å². The number of nitrogen functional groups attached to an aromatic ring is 1. The van der Waals surface area contributed by atoms with Crippen LogP contribution < -0.4 is 15.8 Å². The third-order valence-corrected chi connectivity index (χ3v) is 4.87. The van der Waals surface area contributed by atoms with Crippen LogP contribution in [0, 0.1) is 0 Å². The van der Waals surface area contributed by atoms with Gasteiger partial charge in [0.15, 0.2) is 5.82 Å². The van der Waals surface area contributed by atoms with Crippen molar-refractivity contribution in [3.63, 3.8) is 0 Å². The number of nitrogens with one attached hydrogen (secondary N) is 1. The molecule has 4 N–H and O–H groups in total. The van der Waals surface area contributed by atoms with Gasteiger partial charge < -0.3 is 20.9 Å². The number of aliphatic hydroxyl groups is 1. The van der Waals surface area contributed by atoms with Crippen LogP contribution in [0.15, 0.2) is 24.4 Å². The van der Waals surface area contributed by atoms with Gasteiger partial charge in [0.2, 0.25) is 5.95 Å². The molecule has 2 aromatic heterocycles. The number of aryl methyl sites for hydroxylation is 1. The Balaban J connectivity index is 1.87. The fourth-order valence-corrected chi connectivity index (χ4v) is 3.32. The topological polar surface area (TPSA) is 111 Å². The van der Waals surface area contributed by atoms with Gasteiger partial charge >= 0.3 is 0 Å². The zero-order valence-corrected chi connectivity index (χ0v) is 17.2. The minimum Gasteiger partial charge on any atom is -0.496 e. The molecule has 1 aromatic carbocycles. The van der Waals surface area contributed by atoms with Gasteiger partial charge in [-0.3, -0.25) is 4.68 Å². The molecule has 0 spiro atoms. The molecule has 0 saturated heterocycles. The Morgan fingerprint density at radius 3 is 2.83 bits per heavy atom. The molecular formula is C21H30N6O2. The second-order valence-electron chi connectivity index (χ2n) is 7.07. The number of hydrogen-bond donors (Lipinski definition) is 3. The Bertz CT molecular complexity index is 940. The van der Waals surface area contributed by atoms with E-state index in [2.05, 4.69) is 45.5 Å². The van der Waals surface area contributed by atoms with Crippen LogP contribution in [-0.2, 0) is 13.0 Å². The summed E-state index contributed by atoms with van der Waals surface area (Å²) in [6.45, 7) is 3.73. The Morgan fingerprint density at radius 1 is 1.21 bits per heavy atom. The normalized spacial score (nSPS) is 11.1. The van der Waals surface area contributed by atoms with E-state index in [0.29, 0.717) is 12.4 Å². The average Bonchev–Trinajstić information content (AvgIpc) is 3.11. The highest BCUT2D eigenvalue weighted by Gasteiger charge is 2.14. The number of rotatable bonds is 11. The van der Waals surface area contributed by atoms with Crippen molar-refractivity contribution < 1.29 is 9.84 Å². The summed E-state index contributed by atoms with van der Waals surface area (Å²) in [6.07, 6.45) is 6.53. The van der Waals surface area contributed by atoms with Crippen molar-refractivity contribution in [3.05, 3.63) is 35.5 Å². The van der Waals surface area contributed by atoms with Crippen LogP contribution in [0.3, 0.4) is 0 Å². The smallest absolute Gasteiger partial charge is 0.222 e. The highest BCUT2D eigenvalue weighted by atomic mass is 16.5. The summed E-state index contributed by atoms with van der Waals surface area (Å²) in [5.74, 6) is 1.77. The van der Waals surface area contributed by atoms with Crippen molar-refractivity contribution in [1.29, 1.82) is 0 Å². The molecule has 0 bridgehead atoms. The summed E-state index contributed by atoms with van der Waals surface area (Å²) in [4.78, 5) is 8.71. The van der Waals surface area contributed by atoms with E-state index in [1.54, 1.807) is 13.3 Å². The lowest BCUT2D eigenvalue weighted by atomic mass is 10.0. The molecule has 0 unspecified atom stereocenters. The summed E-state index contributed by atoms with van der Waals surface area (Å²) >= 11 is 0. The molecule has 0 saturated carbocycles. The highest BCUT2D eigenvalue weighted by Crippen LogP contribution is 2.26. The summed E-state index contributed by atoms with van der Waals surface area (Å²) in [7, 11) is 1.68. The quantitative estimate of drug-likeness (QED) is 0.426. The van der Waals surface area contributed by atoms with Crippen molar-refractivity contribution >= 4 is 22.8 Å². The molecule has 0 fully saturated rings. The first kappa shape index (κ1) is 20.9. The molecule has 0 aliphatic rings. The lowest BCUT2D eigenvalue weighted by Gasteiger charge is -2.13. The molecule has 156 valence electrons. The average molecular weight is 399 g/mol. The van der Waals surface area contributed by atoms with Crippen LogP contribution in [0.4, 0.5) is 11.8 Å². The van der Waals surface area contributed by atoms with Gasteiger partial charge in [0.1, 0.15) is 16.8 Å². The van der Waals surface area contributed by atoms with Gasteiger partial charge in [-0.25, -0.2) is 4.98 Å². The van der Waals surface area contributed by atoms with E-state index in [1.807, 2.05) is 4.68 Å². The molecular weight excluding hydrogens is 368 g/mol. The predicted octanol–water partition coefficient (Wildman–Crippen LogP) is 2.99. The molecule has 2 heterocycles. The number of ether oxygens (including phenoxy) is 1. The van der Waals surface area contributed by atoms with Crippen LogP contribution in [0.1, 0.15) is 43.7 Å². The van der Waals surface area contributed by atoms with E-state index in [0.717, 1.165) is 61.0 Å². The largest absolute Gasteiger partial charge is 0.496 e. The molecule has 8 heteroatoms. The fourth-order valence-electron chi connectivity index (χ4n) is 3.32. The SMILES string of the molecule is CCCCNc1nc(N)nc2cnn(Cc3ccc(CCCCO)cc3OC)c12. The minimum absolute atomic E-state index is 0.225. The third kappa shape index (κ3) is 5.14. The number of benzene rings is 1. The number of anilines is 2. The molecule has 3 rings (SSSR count). The Hall–Kier alpha value is -2.87. The second kappa shape index (κ2) is 10.1. The van der Waals surface area contributed by atoms with Gasteiger partial charge in [-0.1, -0.05) is 25.5 Å². The zero-order chi connectivity index (χ0) is 20.6. The summed E-state index contributed by atoms with van der Waals surface area (Å²) in [6, 6.07) is 6.24. The maximum Gasteiger partial charge on any atom is 0.222 e. The van der Waals surface area contributed by atoms with Crippen molar-refractivity contribution in [3.8, 4) is 5.75 Å². The Morgan fingerprint density at radius 2 is 2.07 bits per heavy atom. The van der Waals surface area contributed by atoms with Crippen molar-refractivity contribution in [2.45, 2.75) is 45.6 Å². The van der Waals surface area contributed by atoms with Crippen molar-refractivity contribution in [2.24, 2.45) is 0 Å². The maximum atomic E-state index is 8.97. The highest BCUT2D eigenvalue weighted by molar-refractivity contribution is 5.86. The lowest BCUT2D eigenvalue weighted by molar-refractivity contribution is 0.284. The maximum absolute atomic E-state index is 8.97. The standard InChI is InChI=1S/C21H30N6O2/c1-3-4-10-23-20-19-17(25-21(22)26-20)13-24-27(19)14-16-9-8-15(7-5-6-11-28)12-18(16)29-2/h8-9,12-13,28H,3-7,10-11,14H2,1-2H3,(H3,22,23,25,26). The van der Waals surface area contributed by atoms with E-state index in [1.165, 1.54) is 5.56 Å². The first-order chi connectivity index (χ1) is 14.2. The van der Waals surface area contributed by atoms with Crippen LogP contribution in [0.2, 0.25) is 0 Å². The molecule has 3 aromatic rings. The monoisotopic (exact) mass is 398 g/mol. The third-order valence-electron chi connectivity index (χ3n) is 4.87. The first-order valence-electron chi connectivity index (χ1n) is 10.2. The number of aliphatic hydroxyl groups excluding tert-OH is 1. The number of methoxy groups -OCH3 is 1. The number of aromatic nitrogens is 4. The van der Waals surface area contributed by atoms with Gasteiger partial charge in [-0.05, 0) is 37.3 Å². The minimum atomic E-state index is 0.225. The molecule has 0 radical (unpaired) electrons. The summed E-state index contributed by atoms with van der Waals surface area (Å²) in [5, 5.41) is 16.8. The number of hydrogen-bond acceptors (Lipinski definition) is 7. The number of nitrogens with zero attached hydrogens (tertiary/aromatic N) is 4. The predicted molar refractivity (Wildman–Crippen MR) is 115 cm³/mol.